The first-order valence-corrected chi connectivity index (χ1v) is 13.9. The van der Waals surface area contributed by atoms with Gasteiger partial charge in [0.05, 0.1) is 15.6 Å². The van der Waals surface area contributed by atoms with Crippen molar-refractivity contribution in [2.24, 2.45) is 0 Å². The van der Waals surface area contributed by atoms with E-state index in [0.717, 1.165) is 42.9 Å². The van der Waals surface area contributed by atoms with E-state index in [2.05, 4.69) is 4.90 Å². The van der Waals surface area contributed by atoms with Gasteiger partial charge in [-0.3, -0.25) is 9.69 Å². The maximum absolute atomic E-state index is 13.3. The molecule has 2 aromatic rings. The number of amides is 1. The minimum absolute atomic E-state index is 0.0330. The Labute approximate surface area is 215 Å². The molecule has 0 atom stereocenters. The van der Waals surface area contributed by atoms with Crippen molar-refractivity contribution in [1.82, 2.24) is 14.1 Å². The number of hydrogen-bond acceptors (Lipinski definition) is 6. The summed E-state index contributed by atoms with van der Waals surface area (Å²) in [6.07, 6.45) is 2.63. The van der Waals surface area contributed by atoms with Crippen molar-refractivity contribution in [3.8, 4) is 11.5 Å². The lowest BCUT2D eigenvalue weighted by atomic mass is 10.1. The Morgan fingerprint density at radius 1 is 0.857 bits per heavy atom. The molecule has 11 heteroatoms. The molecule has 0 aliphatic carbocycles. The smallest absolute Gasteiger partial charge is 0.255 e. The van der Waals surface area contributed by atoms with Gasteiger partial charge in [0.25, 0.3) is 5.91 Å². The highest BCUT2D eigenvalue weighted by Crippen LogP contribution is 2.34. The van der Waals surface area contributed by atoms with Gasteiger partial charge in [-0.2, -0.15) is 4.31 Å². The number of ether oxygens (including phenoxy) is 2. The van der Waals surface area contributed by atoms with Gasteiger partial charge < -0.3 is 14.4 Å². The first-order chi connectivity index (χ1) is 16.8. The van der Waals surface area contributed by atoms with Gasteiger partial charge in [-0.25, -0.2) is 8.42 Å². The Kier molecular flexibility index (Phi) is 7.14. The molecule has 8 nitrogen and oxygen atoms in total. The topological polar surface area (TPSA) is 79.4 Å². The summed E-state index contributed by atoms with van der Waals surface area (Å²) in [7, 11) is -3.80. The Bertz CT molecular complexity index is 1230. The van der Waals surface area contributed by atoms with Crippen LogP contribution in [0.15, 0.2) is 35.2 Å². The summed E-state index contributed by atoms with van der Waals surface area (Å²) in [5.41, 5.74) is 1.28. The SMILES string of the molecule is O=C(c1cc(S(=O)(=O)N2CCCCC2)c(Cl)cc1Cl)N1CCN(Cc2ccc3c(c2)OCO3)CC1. The van der Waals surface area contributed by atoms with Gasteiger partial charge in [-0.05, 0) is 42.7 Å². The van der Waals surface area contributed by atoms with Crippen molar-refractivity contribution < 1.29 is 22.7 Å². The normalized spacial score (nSPS) is 19.2. The van der Waals surface area contributed by atoms with E-state index in [1.54, 1.807) is 4.90 Å². The summed E-state index contributed by atoms with van der Waals surface area (Å²) in [4.78, 5) is 17.2. The van der Waals surface area contributed by atoms with Crippen molar-refractivity contribution in [2.45, 2.75) is 30.7 Å². The van der Waals surface area contributed by atoms with Gasteiger partial charge >= 0.3 is 0 Å². The second-order valence-corrected chi connectivity index (χ2v) is 11.7. The molecule has 2 saturated heterocycles. The largest absolute Gasteiger partial charge is 0.454 e. The van der Waals surface area contributed by atoms with E-state index in [4.69, 9.17) is 32.7 Å². The number of halogens is 2. The van der Waals surface area contributed by atoms with Crippen LogP contribution in [-0.4, -0.2) is 74.5 Å². The van der Waals surface area contributed by atoms with Gasteiger partial charge in [0.15, 0.2) is 11.5 Å². The molecule has 0 bridgehead atoms. The minimum Gasteiger partial charge on any atom is -0.454 e. The summed E-state index contributed by atoms with van der Waals surface area (Å²) in [6, 6.07) is 8.62. The van der Waals surface area contributed by atoms with E-state index in [1.165, 1.54) is 16.4 Å². The number of hydrogen-bond donors (Lipinski definition) is 0. The Morgan fingerprint density at radius 2 is 1.57 bits per heavy atom. The van der Waals surface area contributed by atoms with Crippen LogP contribution in [0.25, 0.3) is 0 Å². The van der Waals surface area contributed by atoms with Crippen LogP contribution in [0.4, 0.5) is 0 Å². The monoisotopic (exact) mass is 539 g/mol. The third kappa shape index (κ3) is 5.11. The number of piperazine rings is 1. The van der Waals surface area contributed by atoms with Crippen molar-refractivity contribution >= 4 is 39.1 Å². The molecule has 0 N–H and O–H groups in total. The average Bonchev–Trinajstić information content (AvgIpc) is 3.32. The Hall–Kier alpha value is -2.04. The maximum atomic E-state index is 13.3. The lowest BCUT2D eigenvalue weighted by Crippen LogP contribution is -2.48. The molecule has 188 valence electrons. The molecule has 0 saturated carbocycles. The van der Waals surface area contributed by atoms with Crippen LogP contribution in [0, 0.1) is 0 Å². The lowest BCUT2D eigenvalue weighted by Gasteiger charge is -2.35. The standard InChI is InChI=1S/C24H27Cl2N3O5S/c25-19-14-20(26)23(35(31,32)29-6-2-1-3-7-29)13-18(19)24(30)28-10-8-27(9-11-28)15-17-4-5-21-22(12-17)34-16-33-21/h4-5,12-14H,1-3,6-11,15-16H2. The molecule has 0 unspecified atom stereocenters. The molecular formula is C24H27Cl2N3O5S. The van der Waals surface area contributed by atoms with Crippen LogP contribution in [0.5, 0.6) is 11.5 Å². The third-order valence-electron chi connectivity index (χ3n) is 6.69. The molecule has 2 fully saturated rings. The van der Waals surface area contributed by atoms with Gasteiger partial charge in [-0.1, -0.05) is 35.7 Å². The molecular weight excluding hydrogens is 513 g/mol. The summed E-state index contributed by atoms with van der Waals surface area (Å²) < 4.78 is 38.7. The Balaban J connectivity index is 1.27. The van der Waals surface area contributed by atoms with Crippen molar-refractivity contribution in [3.63, 3.8) is 0 Å². The highest BCUT2D eigenvalue weighted by Gasteiger charge is 2.31. The van der Waals surface area contributed by atoms with Crippen LogP contribution >= 0.6 is 23.2 Å². The number of carbonyl (C=O) groups is 1. The number of rotatable bonds is 5. The molecule has 1 amide bonds. The molecule has 0 radical (unpaired) electrons. The van der Waals surface area contributed by atoms with Gasteiger partial charge in [0.1, 0.15) is 4.90 Å². The van der Waals surface area contributed by atoms with Crippen molar-refractivity contribution in [3.05, 3.63) is 51.5 Å². The molecule has 5 rings (SSSR count). The van der Waals surface area contributed by atoms with E-state index >= 15 is 0 Å². The van der Waals surface area contributed by atoms with Crippen LogP contribution in [-0.2, 0) is 16.6 Å². The first kappa shape index (κ1) is 24.6. The van der Waals surface area contributed by atoms with Crippen LogP contribution in [0.2, 0.25) is 10.0 Å². The second kappa shape index (κ2) is 10.1. The molecule has 2 aromatic carbocycles. The fourth-order valence-corrected chi connectivity index (χ4v) is 7.06. The predicted molar refractivity (Wildman–Crippen MR) is 133 cm³/mol. The summed E-state index contributed by atoms with van der Waals surface area (Å²) in [6.45, 7) is 4.28. The summed E-state index contributed by atoms with van der Waals surface area (Å²) in [5, 5.41) is 0.186. The zero-order valence-corrected chi connectivity index (χ0v) is 21.5. The Morgan fingerprint density at radius 3 is 2.31 bits per heavy atom. The fourth-order valence-electron chi connectivity index (χ4n) is 4.71. The number of carbonyl (C=O) groups excluding carboxylic acids is 1. The summed E-state index contributed by atoms with van der Waals surface area (Å²) in [5.74, 6) is 1.22. The van der Waals surface area contributed by atoms with Crippen molar-refractivity contribution in [1.29, 1.82) is 0 Å². The molecule has 3 aliphatic heterocycles. The molecule has 3 aliphatic rings. The summed E-state index contributed by atoms with van der Waals surface area (Å²) >= 11 is 12.6. The highest BCUT2D eigenvalue weighted by atomic mass is 35.5. The second-order valence-electron chi connectivity index (χ2n) is 8.98. The number of nitrogens with zero attached hydrogens (tertiary/aromatic N) is 3. The number of sulfonamides is 1. The first-order valence-electron chi connectivity index (χ1n) is 11.7. The van der Waals surface area contributed by atoms with Gasteiger partial charge in [-0.15, -0.1) is 0 Å². The van der Waals surface area contributed by atoms with Crippen LogP contribution in [0.3, 0.4) is 0 Å². The highest BCUT2D eigenvalue weighted by molar-refractivity contribution is 7.89. The number of piperidine rings is 1. The average molecular weight is 540 g/mol. The fraction of sp³-hybridized carbons (Fsp3) is 0.458. The van der Waals surface area contributed by atoms with E-state index in [-0.39, 0.29) is 33.2 Å². The van der Waals surface area contributed by atoms with E-state index < -0.39 is 10.0 Å². The van der Waals surface area contributed by atoms with E-state index in [9.17, 15) is 13.2 Å². The van der Waals surface area contributed by atoms with Crippen molar-refractivity contribution in [2.75, 3.05) is 46.1 Å². The van der Waals surface area contributed by atoms with Gasteiger partial charge in [0.2, 0.25) is 16.8 Å². The number of benzene rings is 2. The molecule has 35 heavy (non-hydrogen) atoms. The molecule has 3 heterocycles. The molecule has 0 aromatic heterocycles. The zero-order chi connectivity index (χ0) is 24.6. The van der Waals surface area contributed by atoms with Crippen LogP contribution < -0.4 is 9.47 Å². The lowest BCUT2D eigenvalue weighted by molar-refractivity contribution is 0.0628. The minimum atomic E-state index is -3.80. The van der Waals surface area contributed by atoms with E-state index in [0.29, 0.717) is 39.3 Å². The number of fused-ring (bicyclic) bond motifs is 1. The third-order valence-corrected chi connectivity index (χ3v) is 9.36. The maximum Gasteiger partial charge on any atom is 0.255 e. The quantitative estimate of drug-likeness (QED) is 0.574. The van der Waals surface area contributed by atoms with E-state index in [1.807, 2.05) is 18.2 Å². The zero-order valence-electron chi connectivity index (χ0n) is 19.2. The molecule has 0 spiro atoms. The van der Waals surface area contributed by atoms with Gasteiger partial charge in [0, 0.05) is 45.8 Å². The van der Waals surface area contributed by atoms with Crippen LogP contribution in [0.1, 0.15) is 35.2 Å². The predicted octanol–water partition coefficient (Wildman–Crippen LogP) is 3.85.